The lowest BCUT2D eigenvalue weighted by atomic mass is 10.0. The molecule has 1 aliphatic carbocycles. The van der Waals surface area contributed by atoms with Crippen LogP contribution in [0.5, 0.6) is 11.5 Å². The summed E-state index contributed by atoms with van der Waals surface area (Å²) in [6.45, 7) is 8.43. The van der Waals surface area contributed by atoms with E-state index in [1.165, 1.54) is 12.1 Å². The summed E-state index contributed by atoms with van der Waals surface area (Å²) in [7, 11) is 0. The molecule has 0 aromatic heterocycles. The van der Waals surface area contributed by atoms with Crippen molar-refractivity contribution in [1.29, 1.82) is 5.26 Å². The van der Waals surface area contributed by atoms with E-state index in [2.05, 4.69) is 4.90 Å². The number of ether oxygens (including phenoxy) is 3. The SMILES string of the molecule is CC(C)(C)OC(=O)N1CCN(c2cccc3c2OC(C)(c2ccc(C#N)cc2F)O3)C2CC21. The fourth-order valence-electron chi connectivity index (χ4n) is 4.63. The van der Waals surface area contributed by atoms with Crippen LogP contribution in [0.25, 0.3) is 0 Å². The lowest BCUT2D eigenvalue weighted by Crippen LogP contribution is -2.50. The van der Waals surface area contributed by atoms with E-state index < -0.39 is 17.2 Å². The van der Waals surface area contributed by atoms with Gasteiger partial charge >= 0.3 is 6.09 Å². The van der Waals surface area contributed by atoms with Crippen LogP contribution in [0.4, 0.5) is 14.9 Å². The second-order valence-electron chi connectivity index (χ2n) is 9.80. The van der Waals surface area contributed by atoms with Crippen molar-refractivity contribution in [1.82, 2.24) is 4.90 Å². The number of hydrogen-bond acceptors (Lipinski definition) is 6. The van der Waals surface area contributed by atoms with E-state index in [4.69, 9.17) is 19.5 Å². The van der Waals surface area contributed by atoms with Crippen molar-refractivity contribution in [3.05, 3.63) is 53.3 Å². The number of benzene rings is 2. The molecule has 0 spiro atoms. The van der Waals surface area contributed by atoms with E-state index >= 15 is 0 Å². The molecule has 5 rings (SSSR count). The van der Waals surface area contributed by atoms with Gasteiger partial charge in [-0.05, 0) is 57.5 Å². The Morgan fingerprint density at radius 2 is 2.00 bits per heavy atom. The third-order valence-corrected chi connectivity index (χ3v) is 6.19. The Labute approximate surface area is 192 Å². The van der Waals surface area contributed by atoms with Crippen LogP contribution in [0.2, 0.25) is 0 Å². The zero-order valence-corrected chi connectivity index (χ0v) is 19.1. The largest absolute Gasteiger partial charge is 0.444 e. The fourth-order valence-corrected chi connectivity index (χ4v) is 4.63. The van der Waals surface area contributed by atoms with E-state index in [1.54, 1.807) is 19.1 Å². The lowest BCUT2D eigenvalue weighted by Gasteiger charge is -2.36. The molecule has 0 bridgehead atoms. The molecule has 2 aliphatic heterocycles. The summed E-state index contributed by atoms with van der Waals surface area (Å²) in [4.78, 5) is 16.6. The van der Waals surface area contributed by atoms with Gasteiger partial charge in [-0.25, -0.2) is 9.18 Å². The first-order valence-electron chi connectivity index (χ1n) is 11.1. The van der Waals surface area contributed by atoms with Gasteiger partial charge in [-0.3, -0.25) is 0 Å². The van der Waals surface area contributed by atoms with Crippen LogP contribution in [-0.4, -0.2) is 41.8 Å². The Balaban J connectivity index is 1.37. The minimum absolute atomic E-state index is 0.0918. The minimum Gasteiger partial charge on any atom is -0.444 e. The molecule has 172 valence electrons. The van der Waals surface area contributed by atoms with Gasteiger partial charge in [0.25, 0.3) is 5.79 Å². The first kappa shape index (κ1) is 21.4. The predicted molar refractivity (Wildman–Crippen MR) is 119 cm³/mol. The number of halogens is 1. The van der Waals surface area contributed by atoms with E-state index in [-0.39, 0.29) is 29.3 Å². The summed E-state index contributed by atoms with van der Waals surface area (Å²) < 4.78 is 32.6. The van der Waals surface area contributed by atoms with Crippen LogP contribution < -0.4 is 14.4 Å². The zero-order valence-electron chi connectivity index (χ0n) is 19.1. The average Bonchev–Trinajstić information content (AvgIpc) is 3.46. The Morgan fingerprint density at radius 1 is 1.21 bits per heavy atom. The number of para-hydroxylation sites is 1. The summed E-state index contributed by atoms with van der Waals surface area (Å²) in [5, 5.41) is 9.03. The number of fused-ring (bicyclic) bond motifs is 2. The molecule has 2 aromatic carbocycles. The van der Waals surface area contributed by atoms with Gasteiger partial charge in [0.05, 0.1) is 35.0 Å². The van der Waals surface area contributed by atoms with Crippen LogP contribution in [-0.2, 0) is 10.5 Å². The summed E-state index contributed by atoms with van der Waals surface area (Å²) in [6, 6.07) is 12.1. The number of piperazine rings is 1. The number of nitrogens with zero attached hydrogens (tertiary/aromatic N) is 3. The van der Waals surface area contributed by atoms with Gasteiger partial charge in [-0.2, -0.15) is 5.26 Å². The topological polar surface area (TPSA) is 75.0 Å². The summed E-state index contributed by atoms with van der Waals surface area (Å²) in [5.41, 5.74) is 0.790. The number of anilines is 1. The highest BCUT2D eigenvalue weighted by atomic mass is 19.1. The molecule has 3 unspecified atom stereocenters. The summed E-state index contributed by atoms with van der Waals surface area (Å²) in [5.74, 6) is -0.817. The molecule has 2 fully saturated rings. The van der Waals surface area contributed by atoms with Crippen molar-refractivity contribution in [2.24, 2.45) is 0 Å². The first-order valence-corrected chi connectivity index (χ1v) is 11.1. The molecule has 2 heterocycles. The standard InChI is InChI=1S/C25H26FN3O4/c1-24(2,3)33-23(30)29-11-10-28(19-13-20(19)29)18-6-5-7-21-22(18)32-25(4,31-21)16-9-8-15(14-27)12-17(16)26/h5-9,12,19-20H,10-11,13H2,1-4H3. The Hall–Kier alpha value is -3.47. The summed E-state index contributed by atoms with van der Waals surface area (Å²) >= 11 is 0. The lowest BCUT2D eigenvalue weighted by molar-refractivity contribution is -0.0705. The number of rotatable bonds is 2. The molecular formula is C25H26FN3O4. The molecule has 7 nitrogen and oxygen atoms in total. The molecule has 1 saturated heterocycles. The maximum Gasteiger partial charge on any atom is 0.410 e. The normalized spacial score (nSPS) is 25.3. The molecular weight excluding hydrogens is 425 g/mol. The quantitative estimate of drug-likeness (QED) is 0.667. The third-order valence-electron chi connectivity index (χ3n) is 6.19. The molecule has 3 aliphatic rings. The van der Waals surface area contributed by atoms with Gasteiger partial charge in [-0.1, -0.05) is 6.07 Å². The predicted octanol–water partition coefficient (Wildman–Crippen LogP) is 4.54. The Bertz CT molecular complexity index is 1170. The second kappa shape index (κ2) is 7.27. The van der Waals surface area contributed by atoms with Crippen LogP contribution in [0.1, 0.15) is 45.2 Å². The highest BCUT2D eigenvalue weighted by Gasteiger charge is 2.53. The van der Waals surface area contributed by atoms with E-state index in [9.17, 15) is 9.18 Å². The Morgan fingerprint density at radius 3 is 2.70 bits per heavy atom. The second-order valence-corrected chi connectivity index (χ2v) is 9.80. The maximum atomic E-state index is 14.7. The molecule has 2 aromatic rings. The van der Waals surface area contributed by atoms with Crippen LogP contribution in [0.3, 0.4) is 0 Å². The molecule has 0 radical (unpaired) electrons. The molecule has 3 atom stereocenters. The third kappa shape index (κ3) is 3.71. The van der Waals surface area contributed by atoms with Crippen LogP contribution in [0.15, 0.2) is 36.4 Å². The molecule has 0 N–H and O–H groups in total. The van der Waals surface area contributed by atoms with E-state index in [0.717, 1.165) is 12.1 Å². The van der Waals surface area contributed by atoms with Crippen molar-refractivity contribution in [2.75, 3.05) is 18.0 Å². The van der Waals surface area contributed by atoms with Crippen molar-refractivity contribution in [3.63, 3.8) is 0 Å². The van der Waals surface area contributed by atoms with Crippen molar-refractivity contribution in [3.8, 4) is 17.6 Å². The number of amides is 1. The zero-order chi connectivity index (χ0) is 23.5. The highest BCUT2D eigenvalue weighted by Crippen LogP contribution is 2.52. The van der Waals surface area contributed by atoms with Gasteiger partial charge < -0.3 is 24.0 Å². The van der Waals surface area contributed by atoms with Gasteiger partial charge in [0.15, 0.2) is 11.5 Å². The minimum atomic E-state index is -1.35. The fraction of sp³-hybridized carbons (Fsp3) is 0.440. The monoisotopic (exact) mass is 451 g/mol. The molecule has 33 heavy (non-hydrogen) atoms. The maximum absolute atomic E-state index is 14.7. The average molecular weight is 451 g/mol. The van der Waals surface area contributed by atoms with Gasteiger partial charge in [-0.15, -0.1) is 0 Å². The van der Waals surface area contributed by atoms with E-state index in [1.807, 2.05) is 43.9 Å². The molecule has 1 amide bonds. The Kier molecular flexibility index (Phi) is 4.71. The van der Waals surface area contributed by atoms with Crippen molar-refractivity contribution in [2.45, 2.75) is 57.6 Å². The first-order chi connectivity index (χ1) is 15.6. The molecule has 1 saturated carbocycles. The number of hydrogen-bond donors (Lipinski definition) is 0. The van der Waals surface area contributed by atoms with Gasteiger partial charge in [0, 0.05) is 20.0 Å². The molecule has 8 heteroatoms. The van der Waals surface area contributed by atoms with Gasteiger partial charge in [0.1, 0.15) is 11.4 Å². The van der Waals surface area contributed by atoms with Crippen molar-refractivity contribution < 1.29 is 23.4 Å². The van der Waals surface area contributed by atoms with Crippen LogP contribution >= 0.6 is 0 Å². The number of carbonyl (C=O) groups is 1. The van der Waals surface area contributed by atoms with Crippen LogP contribution in [0, 0.1) is 17.1 Å². The van der Waals surface area contributed by atoms with E-state index in [0.29, 0.717) is 24.6 Å². The van der Waals surface area contributed by atoms with Gasteiger partial charge in [0.2, 0.25) is 0 Å². The number of carbonyl (C=O) groups excluding carboxylic acids is 1. The smallest absolute Gasteiger partial charge is 0.410 e. The summed E-state index contributed by atoms with van der Waals surface area (Å²) in [6.07, 6.45) is 0.571. The highest BCUT2D eigenvalue weighted by molar-refractivity contribution is 5.72. The number of nitriles is 1. The van der Waals surface area contributed by atoms with Crippen molar-refractivity contribution >= 4 is 11.8 Å².